The molecule has 0 aromatic heterocycles. The van der Waals surface area contributed by atoms with Crippen molar-refractivity contribution in [3.8, 4) is 5.75 Å². The van der Waals surface area contributed by atoms with Crippen LogP contribution in [0.3, 0.4) is 0 Å². The first-order valence-electron chi connectivity index (χ1n) is 6.49. The second-order valence-electron chi connectivity index (χ2n) is 4.17. The Hall–Kier alpha value is -1.79. The molecule has 0 aliphatic heterocycles. The third-order valence-corrected chi connectivity index (χ3v) is 3.27. The van der Waals surface area contributed by atoms with Crippen molar-refractivity contribution in [2.75, 3.05) is 17.3 Å². The number of hydrogen-bond acceptors (Lipinski definition) is 3. The molecule has 0 radical (unpaired) electrons. The number of benzene rings is 2. The molecule has 3 N–H and O–H groups in total. The first-order valence-corrected chi connectivity index (χ1v) is 7.69. The lowest BCUT2D eigenvalue weighted by Crippen LogP contribution is -2.33. The highest BCUT2D eigenvalue weighted by molar-refractivity contribution is 9.10. The third-order valence-electron chi connectivity index (χ3n) is 2.57. The van der Waals surface area contributed by atoms with E-state index < -0.39 is 0 Å². The molecule has 2 aromatic rings. The monoisotopic (exact) mass is 365 g/mol. The van der Waals surface area contributed by atoms with Gasteiger partial charge in [0.2, 0.25) is 0 Å². The lowest BCUT2D eigenvalue weighted by atomic mass is 10.3. The number of hydrogen-bond donors (Lipinski definition) is 3. The van der Waals surface area contributed by atoms with E-state index in [0.29, 0.717) is 11.7 Å². The van der Waals surface area contributed by atoms with E-state index in [9.17, 15) is 0 Å². The maximum absolute atomic E-state index is 5.39. The Balaban J connectivity index is 1.84. The van der Waals surface area contributed by atoms with Gasteiger partial charge in [0.05, 0.1) is 12.3 Å². The van der Waals surface area contributed by atoms with Crippen LogP contribution < -0.4 is 20.9 Å². The largest absolute Gasteiger partial charge is 0.494 e. The summed E-state index contributed by atoms with van der Waals surface area (Å²) in [5.41, 5.74) is 7.77. The van der Waals surface area contributed by atoms with Crippen molar-refractivity contribution < 1.29 is 4.74 Å². The van der Waals surface area contributed by atoms with E-state index in [1.165, 1.54) is 0 Å². The fraction of sp³-hybridized carbons (Fsp3) is 0.133. The SMILES string of the molecule is CCOc1ccc(NC(=S)NNc2cccc(Br)c2)cc1. The molecule has 0 spiro atoms. The molecule has 0 aliphatic carbocycles. The van der Waals surface area contributed by atoms with Gasteiger partial charge in [0.25, 0.3) is 0 Å². The molecular formula is C15H16BrN3OS. The lowest BCUT2D eigenvalue weighted by Gasteiger charge is -2.13. The van der Waals surface area contributed by atoms with Crippen LogP contribution in [0.15, 0.2) is 53.0 Å². The summed E-state index contributed by atoms with van der Waals surface area (Å²) in [5, 5.41) is 3.57. The van der Waals surface area contributed by atoms with Crippen LogP contribution in [0.4, 0.5) is 11.4 Å². The number of ether oxygens (including phenoxy) is 1. The molecule has 0 heterocycles. The van der Waals surface area contributed by atoms with E-state index in [-0.39, 0.29) is 0 Å². The molecule has 2 rings (SSSR count). The summed E-state index contributed by atoms with van der Waals surface area (Å²) >= 11 is 8.64. The van der Waals surface area contributed by atoms with Crippen LogP contribution in [0.5, 0.6) is 5.75 Å². The van der Waals surface area contributed by atoms with Crippen LogP contribution in [0.25, 0.3) is 0 Å². The number of halogens is 1. The molecule has 0 amide bonds. The van der Waals surface area contributed by atoms with Gasteiger partial charge in [-0.15, -0.1) is 0 Å². The number of rotatable bonds is 5. The smallest absolute Gasteiger partial charge is 0.189 e. The van der Waals surface area contributed by atoms with Crippen LogP contribution >= 0.6 is 28.1 Å². The molecular weight excluding hydrogens is 350 g/mol. The molecule has 0 saturated heterocycles. The van der Waals surface area contributed by atoms with Crippen LogP contribution in [-0.4, -0.2) is 11.7 Å². The summed E-state index contributed by atoms with van der Waals surface area (Å²) in [4.78, 5) is 0. The molecule has 21 heavy (non-hydrogen) atoms. The maximum atomic E-state index is 5.39. The van der Waals surface area contributed by atoms with Crippen molar-refractivity contribution in [1.82, 2.24) is 5.43 Å². The second-order valence-corrected chi connectivity index (χ2v) is 5.50. The van der Waals surface area contributed by atoms with Gasteiger partial charge in [-0.1, -0.05) is 22.0 Å². The Labute approximate surface area is 138 Å². The number of anilines is 2. The van der Waals surface area contributed by atoms with Crippen molar-refractivity contribution in [2.45, 2.75) is 6.92 Å². The Morgan fingerprint density at radius 2 is 1.90 bits per heavy atom. The van der Waals surface area contributed by atoms with Gasteiger partial charge in [-0.25, -0.2) is 0 Å². The standard InChI is InChI=1S/C15H16BrN3OS/c1-2-20-14-8-6-12(7-9-14)17-15(21)19-18-13-5-3-4-11(16)10-13/h3-10,18H,2H2,1H3,(H2,17,19,21). The minimum Gasteiger partial charge on any atom is -0.494 e. The molecule has 0 aliphatic rings. The highest BCUT2D eigenvalue weighted by Gasteiger charge is 1.99. The average molecular weight is 366 g/mol. The van der Waals surface area contributed by atoms with E-state index in [0.717, 1.165) is 21.6 Å². The van der Waals surface area contributed by atoms with Gasteiger partial charge in [-0.05, 0) is 61.6 Å². The number of nitrogens with one attached hydrogen (secondary N) is 3. The van der Waals surface area contributed by atoms with E-state index in [1.807, 2.05) is 55.5 Å². The van der Waals surface area contributed by atoms with Gasteiger partial charge >= 0.3 is 0 Å². The zero-order valence-electron chi connectivity index (χ0n) is 11.5. The molecule has 0 bridgehead atoms. The van der Waals surface area contributed by atoms with Crippen LogP contribution in [0.2, 0.25) is 0 Å². The minimum absolute atomic E-state index is 0.485. The predicted molar refractivity (Wildman–Crippen MR) is 94.7 cm³/mol. The normalized spacial score (nSPS) is 9.81. The third kappa shape index (κ3) is 5.24. The fourth-order valence-electron chi connectivity index (χ4n) is 1.66. The molecule has 0 fully saturated rings. The molecule has 0 atom stereocenters. The van der Waals surface area contributed by atoms with Crippen molar-refractivity contribution in [1.29, 1.82) is 0 Å². The Kier molecular flexibility index (Phi) is 5.83. The number of thiocarbonyl (C=S) groups is 1. The molecule has 0 unspecified atom stereocenters. The topological polar surface area (TPSA) is 45.3 Å². The summed E-state index contributed by atoms with van der Waals surface area (Å²) < 4.78 is 6.39. The van der Waals surface area contributed by atoms with Gasteiger partial charge in [0.1, 0.15) is 5.75 Å². The molecule has 4 nitrogen and oxygen atoms in total. The lowest BCUT2D eigenvalue weighted by molar-refractivity contribution is 0.340. The Morgan fingerprint density at radius 3 is 2.57 bits per heavy atom. The van der Waals surface area contributed by atoms with Crippen molar-refractivity contribution in [3.63, 3.8) is 0 Å². The van der Waals surface area contributed by atoms with Crippen molar-refractivity contribution in [3.05, 3.63) is 53.0 Å². The maximum Gasteiger partial charge on any atom is 0.189 e. The molecule has 0 saturated carbocycles. The highest BCUT2D eigenvalue weighted by Crippen LogP contribution is 2.16. The summed E-state index contributed by atoms with van der Waals surface area (Å²) in [6.45, 7) is 2.61. The van der Waals surface area contributed by atoms with E-state index in [4.69, 9.17) is 17.0 Å². The van der Waals surface area contributed by atoms with E-state index >= 15 is 0 Å². The molecule has 110 valence electrons. The second kappa shape index (κ2) is 7.85. The van der Waals surface area contributed by atoms with Crippen LogP contribution in [-0.2, 0) is 0 Å². The average Bonchev–Trinajstić information content (AvgIpc) is 2.48. The summed E-state index contributed by atoms with van der Waals surface area (Å²) in [6.07, 6.45) is 0. The van der Waals surface area contributed by atoms with E-state index in [1.54, 1.807) is 0 Å². The fourth-order valence-corrected chi connectivity index (χ4v) is 2.23. The minimum atomic E-state index is 0.485. The summed E-state index contributed by atoms with van der Waals surface area (Å²) in [7, 11) is 0. The highest BCUT2D eigenvalue weighted by atomic mass is 79.9. The van der Waals surface area contributed by atoms with Gasteiger partial charge < -0.3 is 10.1 Å². The van der Waals surface area contributed by atoms with Gasteiger partial charge in [-0.3, -0.25) is 10.9 Å². The van der Waals surface area contributed by atoms with Gasteiger partial charge in [0.15, 0.2) is 5.11 Å². The Morgan fingerprint density at radius 1 is 1.14 bits per heavy atom. The first-order chi connectivity index (χ1) is 10.2. The quantitative estimate of drug-likeness (QED) is 0.548. The van der Waals surface area contributed by atoms with Gasteiger partial charge in [-0.2, -0.15) is 0 Å². The summed E-state index contributed by atoms with van der Waals surface area (Å²) in [5.74, 6) is 0.842. The summed E-state index contributed by atoms with van der Waals surface area (Å²) in [6, 6.07) is 15.4. The molecule has 2 aromatic carbocycles. The zero-order chi connectivity index (χ0) is 15.1. The van der Waals surface area contributed by atoms with E-state index in [2.05, 4.69) is 32.1 Å². The van der Waals surface area contributed by atoms with Crippen LogP contribution in [0, 0.1) is 0 Å². The van der Waals surface area contributed by atoms with Gasteiger partial charge in [0, 0.05) is 10.2 Å². The Bertz CT molecular complexity index is 604. The van der Waals surface area contributed by atoms with Crippen LogP contribution in [0.1, 0.15) is 6.92 Å². The zero-order valence-corrected chi connectivity index (χ0v) is 13.9. The van der Waals surface area contributed by atoms with Crippen molar-refractivity contribution in [2.24, 2.45) is 0 Å². The first kappa shape index (κ1) is 15.6. The van der Waals surface area contributed by atoms with Crippen molar-refractivity contribution >= 4 is 44.6 Å². The number of hydrazine groups is 1. The molecule has 6 heteroatoms. The predicted octanol–water partition coefficient (Wildman–Crippen LogP) is 4.16.